The van der Waals surface area contributed by atoms with Crippen LogP contribution in [0, 0.1) is 0 Å². The smallest absolute Gasteiger partial charge is 0.160 e. The molecule has 0 aliphatic carbocycles. The van der Waals surface area contributed by atoms with Crippen LogP contribution in [0.2, 0.25) is 0 Å². The van der Waals surface area contributed by atoms with Crippen LogP contribution in [0.4, 0.5) is 0 Å². The van der Waals surface area contributed by atoms with E-state index in [1.807, 2.05) is 24.3 Å². The lowest BCUT2D eigenvalue weighted by Gasteiger charge is -2.13. The lowest BCUT2D eigenvalue weighted by atomic mass is 9.95. The van der Waals surface area contributed by atoms with Crippen LogP contribution in [0.3, 0.4) is 0 Å². The van der Waals surface area contributed by atoms with E-state index in [0.29, 0.717) is 5.82 Å². The Labute approximate surface area is 364 Å². The summed E-state index contributed by atoms with van der Waals surface area (Å²) >= 11 is 0. The molecule has 9 aromatic carbocycles. The van der Waals surface area contributed by atoms with Gasteiger partial charge in [0.15, 0.2) is 5.82 Å². The first kappa shape index (κ1) is 36.4. The first-order chi connectivity index (χ1) is 31.2. The highest BCUT2D eigenvalue weighted by Crippen LogP contribution is 2.41. The second kappa shape index (κ2) is 15.2. The van der Waals surface area contributed by atoms with Crippen molar-refractivity contribution in [2.75, 3.05) is 0 Å². The molecule has 3 heterocycles. The van der Waals surface area contributed by atoms with Crippen molar-refractivity contribution >= 4 is 43.6 Å². The molecule has 12 aromatic rings. The van der Waals surface area contributed by atoms with E-state index in [0.717, 1.165) is 116 Å². The van der Waals surface area contributed by atoms with Crippen LogP contribution in [0.1, 0.15) is 0 Å². The molecule has 0 bridgehead atoms. The predicted molar refractivity (Wildman–Crippen MR) is 260 cm³/mol. The number of aromatic nitrogens is 3. The Hall–Kier alpha value is -8.47. The number of benzene rings is 9. The van der Waals surface area contributed by atoms with E-state index >= 15 is 0 Å². The van der Waals surface area contributed by atoms with Crippen molar-refractivity contribution in [1.29, 1.82) is 0 Å². The molecule has 0 amide bonds. The highest BCUT2D eigenvalue weighted by Gasteiger charge is 2.18. The normalized spacial score (nSPS) is 11.5. The molecule has 0 unspecified atom stereocenters. The van der Waals surface area contributed by atoms with Gasteiger partial charge in [0.2, 0.25) is 0 Å². The minimum Gasteiger partial charge on any atom is -0.455 e. The molecule has 0 saturated heterocycles. The van der Waals surface area contributed by atoms with Gasteiger partial charge in [-0.2, -0.15) is 0 Å². The highest BCUT2D eigenvalue weighted by atomic mass is 16.3. The fraction of sp³-hybridized carbons (Fsp3) is 0. The van der Waals surface area contributed by atoms with Crippen molar-refractivity contribution in [2.45, 2.75) is 0 Å². The van der Waals surface area contributed by atoms with Gasteiger partial charge in [-0.3, -0.25) is 0 Å². The zero-order valence-electron chi connectivity index (χ0n) is 34.1. The molecule has 3 aromatic heterocycles. The van der Waals surface area contributed by atoms with Crippen molar-refractivity contribution in [3.8, 4) is 78.5 Å². The number of furan rings is 1. The Kier molecular flexibility index (Phi) is 8.79. The zero-order valence-corrected chi connectivity index (χ0v) is 34.1. The molecule has 0 spiro atoms. The van der Waals surface area contributed by atoms with Crippen LogP contribution in [-0.4, -0.2) is 15.0 Å². The maximum atomic E-state index is 6.58. The number of nitrogens with zero attached hydrogens (tertiary/aromatic N) is 3. The molecular weight excluding hydrogens is 767 g/mol. The summed E-state index contributed by atoms with van der Waals surface area (Å²) in [6, 6.07) is 78.5. The average molecular weight is 804 g/mol. The third-order valence-corrected chi connectivity index (χ3v) is 12.1. The summed E-state index contributed by atoms with van der Waals surface area (Å²) < 4.78 is 6.58. The number of rotatable bonds is 7. The number of hydrogen-bond acceptors (Lipinski definition) is 4. The van der Waals surface area contributed by atoms with Gasteiger partial charge < -0.3 is 4.42 Å². The van der Waals surface area contributed by atoms with E-state index < -0.39 is 0 Å². The minimum atomic E-state index is 0.678. The SMILES string of the molecule is c1ccc(-c2cccc(-c3cc(-c4ccc(-c5cccc(-c6nc7ccccc7c7c6ccc6c8ccccc8oc67)c5)cc4)nc(-c4cccc(-c5ccccc5)c4)n3)c2)cc1. The Balaban J connectivity index is 0.946. The average Bonchev–Trinajstić information content (AvgIpc) is 3.76. The quantitative estimate of drug-likeness (QED) is 0.151. The van der Waals surface area contributed by atoms with E-state index in [-0.39, 0.29) is 0 Å². The Morgan fingerprint density at radius 2 is 0.778 bits per heavy atom. The van der Waals surface area contributed by atoms with Crippen molar-refractivity contribution in [3.63, 3.8) is 0 Å². The second-order valence-corrected chi connectivity index (χ2v) is 16.0. The van der Waals surface area contributed by atoms with Crippen LogP contribution in [0.5, 0.6) is 0 Å². The molecule has 0 aliphatic heterocycles. The Morgan fingerprint density at radius 1 is 0.286 bits per heavy atom. The summed E-state index contributed by atoms with van der Waals surface area (Å²) in [4.78, 5) is 15.7. The van der Waals surface area contributed by atoms with Gasteiger partial charge in [0.05, 0.1) is 22.6 Å². The number of pyridine rings is 1. The maximum absolute atomic E-state index is 6.58. The standard InChI is InChI=1S/C59H37N3O/c1-3-14-38(15-4-1)42-18-11-21-45(34-42)54-37-53(61-59(62-54)47-23-13-20-44(36-47)39-16-5-2-6-17-39)41-30-28-40(29-31-41)43-19-12-22-46(35-43)57-51-33-32-49-48-24-8-10-27-55(48)63-58(49)56(51)50-25-7-9-26-52(50)60-57/h1-37H. The van der Waals surface area contributed by atoms with Crippen molar-refractivity contribution < 1.29 is 4.42 Å². The number of hydrogen-bond donors (Lipinski definition) is 0. The van der Waals surface area contributed by atoms with E-state index in [2.05, 4.69) is 200 Å². The van der Waals surface area contributed by atoms with Gasteiger partial charge in [0.25, 0.3) is 0 Å². The van der Waals surface area contributed by atoms with Gasteiger partial charge in [-0.05, 0) is 75.8 Å². The van der Waals surface area contributed by atoms with E-state index in [1.165, 1.54) is 0 Å². The van der Waals surface area contributed by atoms with E-state index in [4.69, 9.17) is 19.4 Å². The summed E-state index contributed by atoms with van der Waals surface area (Å²) in [6.07, 6.45) is 0. The Morgan fingerprint density at radius 3 is 1.49 bits per heavy atom. The molecule has 0 fully saturated rings. The number of para-hydroxylation sites is 2. The first-order valence-corrected chi connectivity index (χ1v) is 21.2. The van der Waals surface area contributed by atoms with Gasteiger partial charge >= 0.3 is 0 Å². The van der Waals surface area contributed by atoms with Crippen molar-refractivity contribution in [2.24, 2.45) is 0 Å². The molecule has 0 N–H and O–H groups in total. The fourth-order valence-corrected chi connectivity index (χ4v) is 8.95. The summed E-state index contributed by atoms with van der Waals surface area (Å²) in [6.45, 7) is 0. The predicted octanol–water partition coefficient (Wildman–Crippen LogP) is 15.7. The van der Waals surface area contributed by atoms with Crippen LogP contribution in [-0.2, 0) is 0 Å². The minimum absolute atomic E-state index is 0.678. The van der Waals surface area contributed by atoms with Gasteiger partial charge in [-0.15, -0.1) is 0 Å². The van der Waals surface area contributed by atoms with Gasteiger partial charge in [0.1, 0.15) is 11.2 Å². The molecular formula is C59H37N3O. The van der Waals surface area contributed by atoms with Crippen molar-refractivity contribution in [1.82, 2.24) is 15.0 Å². The summed E-state index contributed by atoms with van der Waals surface area (Å²) in [5, 5.41) is 5.45. The number of fused-ring (bicyclic) bond motifs is 7. The van der Waals surface area contributed by atoms with Crippen LogP contribution >= 0.6 is 0 Å². The largest absolute Gasteiger partial charge is 0.455 e. The lowest BCUT2D eigenvalue weighted by Crippen LogP contribution is -1.96. The second-order valence-electron chi connectivity index (χ2n) is 16.0. The van der Waals surface area contributed by atoms with Gasteiger partial charge in [-0.1, -0.05) is 182 Å². The van der Waals surface area contributed by atoms with E-state index in [1.54, 1.807) is 0 Å². The first-order valence-electron chi connectivity index (χ1n) is 21.2. The van der Waals surface area contributed by atoms with Crippen LogP contribution in [0.25, 0.3) is 122 Å². The van der Waals surface area contributed by atoms with Crippen molar-refractivity contribution in [3.05, 3.63) is 224 Å². The topological polar surface area (TPSA) is 51.8 Å². The molecule has 4 heteroatoms. The van der Waals surface area contributed by atoms with Crippen LogP contribution < -0.4 is 0 Å². The third kappa shape index (κ3) is 6.62. The molecule has 63 heavy (non-hydrogen) atoms. The molecule has 0 radical (unpaired) electrons. The summed E-state index contributed by atoms with van der Waals surface area (Å²) in [7, 11) is 0. The molecule has 0 atom stereocenters. The third-order valence-electron chi connectivity index (χ3n) is 12.1. The Bertz CT molecular complexity index is 3570. The van der Waals surface area contributed by atoms with Gasteiger partial charge in [0, 0.05) is 49.2 Å². The zero-order chi connectivity index (χ0) is 41.7. The highest BCUT2D eigenvalue weighted by molar-refractivity contribution is 6.24. The molecule has 12 rings (SSSR count). The monoisotopic (exact) mass is 803 g/mol. The summed E-state index contributed by atoms with van der Waals surface area (Å²) in [5.74, 6) is 0.678. The van der Waals surface area contributed by atoms with Crippen LogP contribution in [0.15, 0.2) is 229 Å². The van der Waals surface area contributed by atoms with E-state index in [9.17, 15) is 0 Å². The van der Waals surface area contributed by atoms with Gasteiger partial charge in [-0.25, -0.2) is 15.0 Å². The molecule has 294 valence electrons. The fourth-order valence-electron chi connectivity index (χ4n) is 8.95. The molecule has 4 nitrogen and oxygen atoms in total. The molecule has 0 saturated carbocycles. The lowest BCUT2D eigenvalue weighted by molar-refractivity contribution is 0.673. The summed E-state index contributed by atoms with van der Waals surface area (Å²) in [5.41, 5.74) is 16.2. The maximum Gasteiger partial charge on any atom is 0.160 e. The molecule has 0 aliphatic rings.